The first-order valence-electron chi connectivity index (χ1n) is 13.7. The van der Waals surface area contributed by atoms with Crippen LogP contribution in [0.25, 0.3) is 0 Å². The molecule has 224 valence electrons. The van der Waals surface area contributed by atoms with Gasteiger partial charge < -0.3 is 23.7 Å². The lowest BCUT2D eigenvalue weighted by molar-refractivity contribution is -0.203. The van der Waals surface area contributed by atoms with Crippen molar-refractivity contribution in [1.82, 2.24) is 0 Å². The van der Waals surface area contributed by atoms with Crippen molar-refractivity contribution in [2.75, 3.05) is 6.61 Å². The Morgan fingerprint density at radius 1 is 0.500 bits per heavy atom. The van der Waals surface area contributed by atoms with Crippen LogP contribution in [0.4, 0.5) is 0 Å². The minimum absolute atomic E-state index is 0.232. The summed E-state index contributed by atoms with van der Waals surface area (Å²) in [6.07, 6.45) is -4.96. The lowest BCUT2D eigenvalue weighted by Gasteiger charge is -2.43. The second-order valence-corrected chi connectivity index (χ2v) is 10.9. The summed E-state index contributed by atoms with van der Waals surface area (Å²) in [4.78, 5) is 52.6. The van der Waals surface area contributed by atoms with Crippen molar-refractivity contribution >= 4 is 46.5 Å². The average molecular weight is 706 g/mol. The molecule has 0 amide bonds. The molecule has 4 aromatic carbocycles. The molecule has 1 saturated heterocycles. The minimum Gasteiger partial charge on any atom is -0.459 e. The fourth-order valence-electron chi connectivity index (χ4n) is 4.51. The number of halogens is 1. The maximum Gasteiger partial charge on any atom is 0.338 e. The molecule has 0 aliphatic carbocycles. The van der Waals surface area contributed by atoms with Crippen LogP contribution in [0, 0.1) is 0 Å². The molecule has 10 heteroatoms. The highest BCUT2D eigenvalue weighted by Gasteiger charge is 2.52. The Morgan fingerprint density at radius 2 is 0.841 bits per heavy atom. The van der Waals surface area contributed by atoms with Gasteiger partial charge in [0, 0.05) is 0 Å². The van der Waals surface area contributed by atoms with Gasteiger partial charge in [0.1, 0.15) is 16.8 Å². The summed E-state index contributed by atoms with van der Waals surface area (Å²) < 4.78 is 28.5. The van der Waals surface area contributed by atoms with Gasteiger partial charge in [-0.2, -0.15) is 0 Å². The van der Waals surface area contributed by atoms with Crippen molar-refractivity contribution < 1.29 is 42.9 Å². The number of hydrogen-bond acceptors (Lipinski definition) is 9. The normalized spacial score (nSPS) is 21.0. The molecule has 0 unspecified atom stereocenters. The number of benzene rings is 4. The molecular weight excluding hydrogens is 679 g/mol. The van der Waals surface area contributed by atoms with Crippen molar-refractivity contribution in [3.63, 3.8) is 0 Å². The molecule has 1 aliphatic rings. The lowest BCUT2D eigenvalue weighted by Crippen LogP contribution is -2.61. The number of esters is 4. The summed E-state index contributed by atoms with van der Waals surface area (Å²) in [5.74, 6) is -2.78. The lowest BCUT2D eigenvalue weighted by atomic mass is 9.99. The van der Waals surface area contributed by atoms with Gasteiger partial charge in [-0.3, -0.25) is 0 Å². The molecule has 44 heavy (non-hydrogen) atoms. The van der Waals surface area contributed by atoms with Crippen LogP contribution < -0.4 is 0 Å². The smallest absolute Gasteiger partial charge is 0.338 e. The Hall–Kier alpha value is -4.55. The van der Waals surface area contributed by atoms with E-state index in [1.807, 2.05) is 22.6 Å². The van der Waals surface area contributed by atoms with Crippen LogP contribution in [0.1, 0.15) is 41.4 Å². The third-order valence-corrected chi connectivity index (χ3v) is 7.73. The Bertz CT molecular complexity index is 1570. The molecule has 0 N–H and O–H groups in total. The number of rotatable bonds is 9. The quantitative estimate of drug-likeness (QED) is 0.0939. The predicted octanol–water partition coefficient (Wildman–Crippen LogP) is 5.68. The van der Waals surface area contributed by atoms with Crippen LogP contribution in [0.3, 0.4) is 0 Å². The largest absolute Gasteiger partial charge is 0.459 e. The molecule has 5 atom stereocenters. The first kappa shape index (κ1) is 30.9. The Morgan fingerprint density at radius 3 is 1.25 bits per heavy atom. The van der Waals surface area contributed by atoms with Gasteiger partial charge in [-0.25, -0.2) is 19.2 Å². The zero-order chi connectivity index (χ0) is 30.9. The van der Waals surface area contributed by atoms with E-state index in [0.29, 0.717) is 5.56 Å². The Labute approximate surface area is 267 Å². The molecule has 0 radical (unpaired) electrons. The van der Waals surface area contributed by atoms with Gasteiger partial charge in [-0.1, -0.05) is 72.8 Å². The number of alkyl halides is 1. The molecule has 1 heterocycles. The van der Waals surface area contributed by atoms with Gasteiger partial charge in [0.25, 0.3) is 0 Å². The topological polar surface area (TPSA) is 114 Å². The Kier molecular flexibility index (Phi) is 10.4. The van der Waals surface area contributed by atoms with Gasteiger partial charge >= 0.3 is 23.9 Å². The molecule has 1 fully saturated rings. The SMILES string of the molecule is O=C(OC[C@H]1O[C@H](I)[C@H](OC(=O)c2ccccc2)[C@@H](OC(=O)c2ccccc2)[C@@H]1OC(=O)c1ccccc1)c1ccccc1. The summed E-state index contributed by atoms with van der Waals surface area (Å²) in [7, 11) is 0. The van der Waals surface area contributed by atoms with Crippen LogP contribution in [0.2, 0.25) is 0 Å². The molecule has 1 aliphatic heterocycles. The molecule has 0 saturated carbocycles. The molecule has 9 nitrogen and oxygen atoms in total. The average Bonchev–Trinajstić information content (AvgIpc) is 3.07. The first-order valence-corrected chi connectivity index (χ1v) is 14.9. The molecular formula is C34H27IO9. The summed E-state index contributed by atoms with van der Waals surface area (Å²) >= 11 is 1.92. The van der Waals surface area contributed by atoms with Crippen LogP contribution in [0.5, 0.6) is 0 Å². The summed E-state index contributed by atoms with van der Waals surface area (Å²) in [6.45, 7) is -0.349. The van der Waals surface area contributed by atoms with Crippen molar-refractivity contribution in [3.05, 3.63) is 144 Å². The van der Waals surface area contributed by atoms with E-state index in [1.54, 1.807) is 121 Å². The third-order valence-electron chi connectivity index (χ3n) is 6.72. The maximum absolute atomic E-state index is 13.3. The summed E-state index contributed by atoms with van der Waals surface area (Å²) in [5, 5.41) is 0. The van der Waals surface area contributed by atoms with Gasteiger partial charge in [-0.05, 0) is 71.1 Å². The fourth-order valence-corrected chi connectivity index (χ4v) is 5.45. The van der Waals surface area contributed by atoms with Crippen LogP contribution in [-0.2, 0) is 23.7 Å². The number of ether oxygens (including phenoxy) is 5. The van der Waals surface area contributed by atoms with E-state index in [0.717, 1.165) is 0 Å². The van der Waals surface area contributed by atoms with E-state index in [4.69, 9.17) is 23.7 Å². The second kappa shape index (κ2) is 14.8. The minimum atomic E-state index is -1.33. The highest BCUT2D eigenvalue weighted by atomic mass is 127. The molecule has 0 bridgehead atoms. The van der Waals surface area contributed by atoms with E-state index in [1.165, 1.54) is 0 Å². The van der Waals surface area contributed by atoms with E-state index >= 15 is 0 Å². The second-order valence-electron chi connectivity index (χ2n) is 9.70. The number of hydrogen-bond donors (Lipinski definition) is 0. The molecule has 0 aromatic heterocycles. The monoisotopic (exact) mass is 706 g/mol. The van der Waals surface area contributed by atoms with E-state index in [-0.39, 0.29) is 23.3 Å². The predicted molar refractivity (Wildman–Crippen MR) is 166 cm³/mol. The van der Waals surface area contributed by atoms with Crippen LogP contribution >= 0.6 is 22.6 Å². The Balaban J connectivity index is 1.48. The van der Waals surface area contributed by atoms with Gasteiger partial charge in [0.05, 0.1) is 22.3 Å². The molecule has 5 rings (SSSR count). The van der Waals surface area contributed by atoms with Crippen LogP contribution in [-0.4, -0.2) is 59.0 Å². The van der Waals surface area contributed by atoms with Crippen molar-refractivity contribution in [1.29, 1.82) is 0 Å². The van der Waals surface area contributed by atoms with E-state index < -0.39 is 52.4 Å². The van der Waals surface area contributed by atoms with Crippen LogP contribution in [0.15, 0.2) is 121 Å². The van der Waals surface area contributed by atoms with Gasteiger partial charge in [-0.15, -0.1) is 0 Å². The zero-order valence-electron chi connectivity index (χ0n) is 23.2. The van der Waals surface area contributed by atoms with Gasteiger partial charge in [0.2, 0.25) is 0 Å². The summed E-state index contributed by atoms with van der Waals surface area (Å²) in [6, 6.07) is 33.1. The molecule has 4 aromatic rings. The summed E-state index contributed by atoms with van der Waals surface area (Å²) in [5.41, 5.74) is 1.04. The van der Waals surface area contributed by atoms with Crippen molar-refractivity contribution in [3.8, 4) is 0 Å². The van der Waals surface area contributed by atoms with Crippen molar-refractivity contribution in [2.45, 2.75) is 28.5 Å². The van der Waals surface area contributed by atoms with Gasteiger partial charge in [0.15, 0.2) is 18.3 Å². The van der Waals surface area contributed by atoms with Crippen molar-refractivity contribution in [2.24, 2.45) is 0 Å². The number of carbonyl (C=O) groups excluding carboxylic acids is 4. The first-order chi connectivity index (χ1) is 21.4. The standard InChI is InChI=1S/C34H27IO9/c35-30-29(44-34(39)25-19-11-4-12-20-25)28(43-33(38)24-17-9-3-10-18-24)27(42-32(37)23-15-7-2-8-16-23)26(41-30)21-40-31(36)22-13-5-1-6-14-22/h1-20,26-30H,21H2/t26-,27-,28+,29-,30+/m1/s1. The molecule has 0 spiro atoms. The number of carbonyl (C=O) groups is 4. The zero-order valence-corrected chi connectivity index (χ0v) is 25.4. The maximum atomic E-state index is 13.3. The van der Waals surface area contributed by atoms with E-state index in [9.17, 15) is 19.2 Å². The third kappa shape index (κ3) is 7.69. The van der Waals surface area contributed by atoms with E-state index in [2.05, 4.69) is 0 Å². The highest BCUT2D eigenvalue weighted by Crippen LogP contribution is 2.33. The highest BCUT2D eigenvalue weighted by molar-refractivity contribution is 14.1. The fraction of sp³-hybridized carbons (Fsp3) is 0.176.